The minimum Gasteiger partial charge on any atom is -0.492 e. The van der Waals surface area contributed by atoms with Crippen LogP contribution in [0.15, 0.2) is 59.6 Å². The van der Waals surface area contributed by atoms with E-state index in [0.717, 1.165) is 23.8 Å². The number of halogens is 1. The molecule has 7 heteroatoms. The summed E-state index contributed by atoms with van der Waals surface area (Å²) in [5, 5.41) is 3.27. The largest absolute Gasteiger partial charge is 0.492 e. The van der Waals surface area contributed by atoms with Gasteiger partial charge in [0.15, 0.2) is 5.96 Å². The molecule has 0 heterocycles. The van der Waals surface area contributed by atoms with Gasteiger partial charge in [-0.3, -0.25) is 4.79 Å². The molecule has 0 saturated carbocycles. The molecule has 3 N–H and O–H groups in total. The molecular formula is C20H27IN4O2. The second-order valence-electron chi connectivity index (χ2n) is 5.82. The number of hydrogen-bond donors (Lipinski definition) is 2. The second-order valence-corrected chi connectivity index (χ2v) is 5.82. The third-order valence-corrected chi connectivity index (χ3v) is 3.76. The highest BCUT2D eigenvalue weighted by molar-refractivity contribution is 14.0. The van der Waals surface area contributed by atoms with Crippen LogP contribution in [0.2, 0.25) is 0 Å². The number of nitrogens with one attached hydrogen (secondary N) is 1. The summed E-state index contributed by atoms with van der Waals surface area (Å²) in [6, 6.07) is 16.9. The number of benzene rings is 2. The summed E-state index contributed by atoms with van der Waals surface area (Å²) >= 11 is 0. The van der Waals surface area contributed by atoms with E-state index in [1.54, 1.807) is 12.1 Å². The van der Waals surface area contributed by atoms with E-state index in [1.807, 2.05) is 61.3 Å². The molecule has 0 aliphatic heterocycles. The lowest BCUT2D eigenvalue weighted by atomic mass is 10.1. The van der Waals surface area contributed by atoms with E-state index in [-0.39, 0.29) is 24.0 Å². The Balaban J connectivity index is 0.00000364. The SMILES string of the molecule is CCNC(=NCc1cccc(C(N)=O)c1)N(C)CCOc1ccccc1.I. The number of ether oxygens (including phenoxy) is 1. The molecule has 2 aromatic carbocycles. The fraction of sp³-hybridized carbons (Fsp3) is 0.300. The number of carbonyl (C=O) groups excluding carboxylic acids is 1. The normalized spacial score (nSPS) is 10.7. The van der Waals surface area contributed by atoms with Crippen molar-refractivity contribution in [1.29, 1.82) is 0 Å². The smallest absolute Gasteiger partial charge is 0.248 e. The molecule has 6 nitrogen and oxygen atoms in total. The van der Waals surface area contributed by atoms with Gasteiger partial charge in [0.05, 0.1) is 13.1 Å². The molecule has 0 aromatic heterocycles. The van der Waals surface area contributed by atoms with Gasteiger partial charge in [-0.05, 0) is 36.8 Å². The van der Waals surface area contributed by atoms with Crippen molar-refractivity contribution in [2.45, 2.75) is 13.5 Å². The minimum atomic E-state index is -0.432. The van der Waals surface area contributed by atoms with Crippen LogP contribution in [0.4, 0.5) is 0 Å². The van der Waals surface area contributed by atoms with Crippen LogP contribution in [0, 0.1) is 0 Å². The van der Waals surface area contributed by atoms with Gasteiger partial charge in [0.1, 0.15) is 12.4 Å². The molecule has 0 fully saturated rings. The Morgan fingerprint density at radius 1 is 1.19 bits per heavy atom. The standard InChI is InChI=1S/C20H26N4O2.HI/c1-3-22-20(23-15-16-8-7-9-17(14-16)19(21)25)24(2)12-13-26-18-10-5-4-6-11-18;/h4-11,14H,3,12-13,15H2,1-2H3,(H2,21,25)(H,22,23);1H. The van der Waals surface area contributed by atoms with Gasteiger partial charge in [0, 0.05) is 19.2 Å². The molecule has 1 amide bonds. The van der Waals surface area contributed by atoms with E-state index >= 15 is 0 Å². The Labute approximate surface area is 177 Å². The first kappa shape index (κ1) is 22.8. The summed E-state index contributed by atoms with van der Waals surface area (Å²) in [5.41, 5.74) is 6.76. The average molecular weight is 482 g/mol. The fourth-order valence-corrected chi connectivity index (χ4v) is 2.38. The second kappa shape index (κ2) is 12.2. The number of nitrogens with two attached hydrogens (primary N) is 1. The van der Waals surface area contributed by atoms with Crippen LogP contribution in [0.25, 0.3) is 0 Å². The number of likely N-dealkylation sites (N-methyl/N-ethyl adjacent to an activating group) is 1. The quantitative estimate of drug-likeness (QED) is 0.345. The number of nitrogens with zero attached hydrogens (tertiary/aromatic N) is 2. The highest BCUT2D eigenvalue weighted by atomic mass is 127. The number of carbonyl (C=O) groups is 1. The summed E-state index contributed by atoms with van der Waals surface area (Å²) < 4.78 is 5.73. The topological polar surface area (TPSA) is 79.9 Å². The molecule has 0 radical (unpaired) electrons. The maximum absolute atomic E-state index is 11.3. The first-order valence-corrected chi connectivity index (χ1v) is 8.66. The molecule has 2 rings (SSSR count). The summed E-state index contributed by atoms with van der Waals surface area (Å²) in [4.78, 5) is 17.9. The van der Waals surface area contributed by atoms with Gasteiger partial charge in [0.2, 0.25) is 5.91 Å². The lowest BCUT2D eigenvalue weighted by Crippen LogP contribution is -2.40. The predicted molar refractivity (Wildman–Crippen MR) is 120 cm³/mol. The number of aliphatic imine (C=N–C) groups is 1. The zero-order valence-electron chi connectivity index (χ0n) is 15.7. The Morgan fingerprint density at radius 3 is 2.59 bits per heavy atom. The van der Waals surface area contributed by atoms with Crippen LogP contribution >= 0.6 is 24.0 Å². The molecule has 0 saturated heterocycles. The molecule has 0 aliphatic carbocycles. The molecule has 146 valence electrons. The minimum absolute atomic E-state index is 0. The van der Waals surface area contributed by atoms with E-state index < -0.39 is 5.91 Å². The van der Waals surface area contributed by atoms with Crippen molar-refractivity contribution in [2.75, 3.05) is 26.7 Å². The monoisotopic (exact) mass is 482 g/mol. The number of amides is 1. The molecule has 0 spiro atoms. The zero-order valence-corrected chi connectivity index (χ0v) is 18.1. The summed E-state index contributed by atoms with van der Waals surface area (Å²) in [6.45, 7) is 4.51. The van der Waals surface area contributed by atoms with Gasteiger partial charge in [-0.2, -0.15) is 0 Å². The highest BCUT2D eigenvalue weighted by Gasteiger charge is 2.06. The van der Waals surface area contributed by atoms with E-state index in [2.05, 4.69) is 10.3 Å². The summed E-state index contributed by atoms with van der Waals surface area (Å²) in [5.74, 6) is 1.21. The van der Waals surface area contributed by atoms with E-state index in [9.17, 15) is 4.79 Å². The number of hydrogen-bond acceptors (Lipinski definition) is 3. The highest BCUT2D eigenvalue weighted by Crippen LogP contribution is 2.08. The first-order valence-electron chi connectivity index (χ1n) is 8.66. The van der Waals surface area contributed by atoms with E-state index in [1.165, 1.54) is 0 Å². The molecule has 0 bridgehead atoms. The van der Waals surface area contributed by atoms with Gasteiger partial charge in [-0.1, -0.05) is 30.3 Å². The molecule has 27 heavy (non-hydrogen) atoms. The molecule has 0 unspecified atom stereocenters. The van der Waals surface area contributed by atoms with Crippen LogP contribution < -0.4 is 15.8 Å². The van der Waals surface area contributed by atoms with Crippen LogP contribution in [-0.4, -0.2) is 43.5 Å². The van der Waals surface area contributed by atoms with Gasteiger partial charge in [-0.25, -0.2) is 4.99 Å². The number of para-hydroxylation sites is 1. The van der Waals surface area contributed by atoms with Crippen molar-refractivity contribution in [3.8, 4) is 5.75 Å². The van der Waals surface area contributed by atoms with Crippen LogP contribution in [0.5, 0.6) is 5.75 Å². The van der Waals surface area contributed by atoms with Crippen molar-refractivity contribution >= 4 is 35.8 Å². The lowest BCUT2D eigenvalue weighted by Gasteiger charge is -2.22. The average Bonchev–Trinajstić information content (AvgIpc) is 2.66. The van der Waals surface area contributed by atoms with Crippen molar-refractivity contribution in [2.24, 2.45) is 10.7 Å². The zero-order chi connectivity index (χ0) is 18.8. The number of primary amides is 1. The summed E-state index contributed by atoms with van der Waals surface area (Å²) in [6.07, 6.45) is 0. The Kier molecular flexibility index (Phi) is 10.2. The lowest BCUT2D eigenvalue weighted by molar-refractivity contribution is 0.1000. The van der Waals surface area contributed by atoms with Crippen molar-refractivity contribution in [3.63, 3.8) is 0 Å². The van der Waals surface area contributed by atoms with Crippen LogP contribution in [-0.2, 0) is 6.54 Å². The number of rotatable bonds is 8. The van der Waals surface area contributed by atoms with Gasteiger partial charge < -0.3 is 20.7 Å². The van der Waals surface area contributed by atoms with Crippen molar-refractivity contribution in [3.05, 3.63) is 65.7 Å². The molecular weight excluding hydrogens is 455 g/mol. The van der Waals surface area contributed by atoms with Crippen LogP contribution in [0.1, 0.15) is 22.8 Å². The third kappa shape index (κ3) is 7.86. The number of guanidine groups is 1. The van der Waals surface area contributed by atoms with Gasteiger partial charge in [0.25, 0.3) is 0 Å². The Morgan fingerprint density at radius 2 is 1.93 bits per heavy atom. The van der Waals surface area contributed by atoms with Crippen molar-refractivity contribution in [1.82, 2.24) is 10.2 Å². The van der Waals surface area contributed by atoms with E-state index in [0.29, 0.717) is 25.3 Å². The fourth-order valence-electron chi connectivity index (χ4n) is 2.38. The molecule has 2 aromatic rings. The first-order chi connectivity index (χ1) is 12.6. The molecule has 0 atom stereocenters. The Hall–Kier alpha value is -2.29. The van der Waals surface area contributed by atoms with Gasteiger partial charge in [-0.15, -0.1) is 24.0 Å². The third-order valence-electron chi connectivity index (χ3n) is 3.76. The Bertz CT molecular complexity index is 738. The maximum Gasteiger partial charge on any atom is 0.248 e. The predicted octanol–water partition coefficient (Wildman–Crippen LogP) is 2.88. The van der Waals surface area contributed by atoms with Crippen LogP contribution in [0.3, 0.4) is 0 Å². The van der Waals surface area contributed by atoms with Crippen molar-refractivity contribution < 1.29 is 9.53 Å². The summed E-state index contributed by atoms with van der Waals surface area (Å²) in [7, 11) is 1.97. The van der Waals surface area contributed by atoms with Gasteiger partial charge >= 0.3 is 0 Å². The van der Waals surface area contributed by atoms with E-state index in [4.69, 9.17) is 10.5 Å². The molecule has 0 aliphatic rings. The maximum atomic E-state index is 11.3.